The minimum Gasteiger partial charge on any atom is -0.462 e. The lowest BCUT2D eigenvalue weighted by atomic mass is 9.92. The summed E-state index contributed by atoms with van der Waals surface area (Å²) in [5, 5.41) is 5.26. The second-order valence-electron chi connectivity index (χ2n) is 6.73. The number of benzene rings is 1. The number of hydrogen-bond acceptors (Lipinski definition) is 7. The zero-order chi connectivity index (χ0) is 20.9. The molecule has 0 fully saturated rings. The third kappa shape index (κ3) is 4.95. The lowest BCUT2D eigenvalue weighted by Gasteiger charge is -2.26. The van der Waals surface area contributed by atoms with Crippen LogP contribution in [0.5, 0.6) is 0 Å². The number of aliphatic imine (C=N–C) groups is 1. The maximum absolute atomic E-state index is 14.6. The van der Waals surface area contributed by atoms with Crippen molar-refractivity contribution >= 4 is 34.4 Å². The molecule has 0 spiro atoms. The van der Waals surface area contributed by atoms with Crippen LogP contribution in [-0.2, 0) is 10.3 Å². The van der Waals surface area contributed by atoms with Crippen molar-refractivity contribution in [2.75, 3.05) is 11.9 Å². The topological polar surface area (TPSA) is 89.6 Å². The fraction of sp³-hybridized carbons (Fsp3) is 0.286. The second kappa shape index (κ2) is 9.09. The number of rotatable bonds is 7. The summed E-state index contributed by atoms with van der Waals surface area (Å²) >= 11 is 1.29. The number of nitrogens with two attached hydrogens (primary N) is 1. The SMILES string of the molecule is CCCCOC(=O)c1cccnc1Nc1ccc(F)c([C@]2(C)C=CSC(N)=N2)c1. The molecule has 1 aromatic heterocycles. The van der Waals surface area contributed by atoms with E-state index in [9.17, 15) is 9.18 Å². The molecule has 1 atom stereocenters. The zero-order valence-corrected chi connectivity index (χ0v) is 17.1. The van der Waals surface area contributed by atoms with Gasteiger partial charge in [-0.2, -0.15) is 0 Å². The van der Waals surface area contributed by atoms with Crippen LogP contribution in [0.15, 0.2) is 53.0 Å². The first kappa shape index (κ1) is 20.9. The van der Waals surface area contributed by atoms with Crippen molar-refractivity contribution < 1.29 is 13.9 Å². The average molecular weight is 415 g/mol. The van der Waals surface area contributed by atoms with Crippen molar-refractivity contribution in [3.63, 3.8) is 0 Å². The summed E-state index contributed by atoms with van der Waals surface area (Å²) in [6.45, 7) is 4.16. The number of hydrogen-bond donors (Lipinski definition) is 2. The number of amidine groups is 1. The largest absolute Gasteiger partial charge is 0.462 e. The number of carbonyl (C=O) groups is 1. The Bertz CT molecular complexity index is 963. The summed E-state index contributed by atoms with van der Waals surface area (Å²) in [6.07, 6.45) is 5.10. The highest BCUT2D eigenvalue weighted by Crippen LogP contribution is 2.35. The van der Waals surface area contributed by atoms with Gasteiger partial charge in [-0.3, -0.25) is 0 Å². The number of nitrogens with zero attached hydrogens (tertiary/aromatic N) is 2. The maximum atomic E-state index is 14.6. The van der Waals surface area contributed by atoms with Crippen molar-refractivity contribution in [1.29, 1.82) is 0 Å². The quantitative estimate of drug-likeness (QED) is 0.504. The van der Waals surface area contributed by atoms with Gasteiger partial charge < -0.3 is 15.8 Å². The van der Waals surface area contributed by atoms with E-state index in [1.54, 1.807) is 48.9 Å². The minimum absolute atomic E-state index is 0.317. The van der Waals surface area contributed by atoms with Crippen molar-refractivity contribution in [3.05, 3.63) is 65.0 Å². The molecule has 1 aliphatic rings. The molecular weight excluding hydrogens is 391 g/mol. The molecule has 2 aromatic rings. The van der Waals surface area contributed by atoms with E-state index in [-0.39, 0.29) is 0 Å². The Kier molecular flexibility index (Phi) is 6.53. The summed E-state index contributed by atoms with van der Waals surface area (Å²) in [5.74, 6) is -0.506. The summed E-state index contributed by atoms with van der Waals surface area (Å²) in [6, 6.07) is 7.89. The Hall–Kier alpha value is -2.87. The number of unbranched alkanes of at least 4 members (excludes halogenated alkanes) is 1. The van der Waals surface area contributed by atoms with Gasteiger partial charge in [0.2, 0.25) is 0 Å². The van der Waals surface area contributed by atoms with E-state index in [2.05, 4.69) is 15.3 Å². The van der Waals surface area contributed by atoms with E-state index in [4.69, 9.17) is 10.5 Å². The molecule has 0 saturated carbocycles. The summed E-state index contributed by atoms with van der Waals surface area (Å²) in [4.78, 5) is 21.0. The summed E-state index contributed by atoms with van der Waals surface area (Å²) in [7, 11) is 0. The van der Waals surface area contributed by atoms with Gasteiger partial charge in [0.15, 0.2) is 5.17 Å². The van der Waals surface area contributed by atoms with Gasteiger partial charge in [0.1, 0.15) is 22.7 Å². The Balaban J connectivity index is 1.88. The molecular formula is C21H23FN4O2S. The fourth-order valence-electron chi connectivity index (χ4n) is 2.86. The summed E-state index contributed by atoms with van der Waals surface area (Å²) < 4.78 is 19.9. The van der Waals surface area contributed by atoms with Gasteiger partial charge in [-0.25, -0.2) is 19.2 Å². The molecule has 0 saturated heterocycles. The number of thioether (sulfide) groups is 1. The fourth-order valence-corrected chi connectivity index (χ4v) is 3.58. The predicted octanol–water partition coefficient (Wildman–Crippen LogP) is 4.71. The molecule has 0 amide bonds. The molecule has 152 valence electrons. The molecule has 2 heterocycles. The van der Waals surface area contributed by atoms with E-state index in [0.717, 1.165) is 12.8 Å². The van der Waals surface area contributed by atoms with Crippen LogP contribution in [0.2, 0.25) is 0 Å². The van der Waals surface area contributed by atoms with Gasteiger partial charge in [-0.05, 0) is 55.2 Å². The highest BCUT2D eigenvalue weighted by Gasteiger charge is 2.29. The number of aromatic nitrogens is 1. The molecule has 0 aliphatic carbocycles. The molecule has 8 heteroatoms. The zero-order valence-electron chi connectivity index (χ0n) is 16.3. The highest BCUT2D eigenvalue weighted by atomic mass is 32.2. The molecule has 1 aliphatic heterocycles. The van der Waals surface area contributed by atoms with E-state index in [1.807, 2.05) is 6.92 Å². The summed E-state index contributed by atoms with van der Waals surface area (Å²) in [5.41, 5.74) is 6.17. The van der Waals surface area contributed by atoms with Crippen LogP contribution in [0.4, 0.5) is 15.9 Å². The van der Waals surface area contributed by atoms with E-state index in [1.165, 1.54) is 17.8 Å². The normalized spacial score (nSPS) is 18.2. The molecule has 3 N–H and O–H groups in total. The number of halogens is 1. The minimum atomic E-state index is -0.914. The highest BCUT2D eigenvalue weighted by molar-refractivity contribution is 8.16. The van der Waals surface area contributed by atoms with Crippen LogP contribution in [0.3, 0.4) is 0 Å². The van der Waals surface area contributed by atoms with Gasteiger partial charge >= 0.3 is 5.97 Å². The number of anilines is 2. The molecule has 0 bridgehead atoms. The Labute approximate surface area is 173 Å². The molecule has 29 heavy (non-hydrogen) atoms. The van der Waals surface area contributed by atoms with Crippen molar-refractivity contribution in [3.8, 4) is 0 Å². The van der Waals surface area contributed by atoms with E-state index >= 15 is 0 Å². The molecule has 0 unspecified atom stereocenters. The second-order valence-corrected chi connectivity index (χ2v) is 7.65. The molecule has 0 radical (unpaired) electrons. The smallest absolute Gasteiger partial charge is 0.341 e. The standard InChI is InChI=1S/C21H23FN4O2S/c1-3-4-11-28-19(27)15-6-5-10-24-18(15)25-14-7-8-17(22)16(13-14)21(2)9-12-29-20(23)26-21/h5-10,12-13H,3-4,11H2,1-2H3,(H2,23,26)(H,24,25)/t21-/m0/s1. The average Bonchev–Trinajstić information content (AvgIpc) is 2.69. The Morgan fingerprint density at radius 3 is 2.97 bits per heavy atom. The first-order valence-corrected chi connectivity index (χ1v) is 10.2. The Morgan fingerprint density at radius 2 is 2.21 bits per heavy atom. The van der Waals surface area contributed by atoms with Crippen LogP contribution in [0.25, 0.3) is 0 Å². The number of carbonyl (C=O) groups excluding carboxylic acids is 1. The van der Waals surface area contributed by atoms with Crippen molar-refractivity contribution in [2.24, 2.45) is 10.7 Å². The molecule has 3 rings (SSSR count). The van der Waals surface area contributed by atoms with Gasteiger partial charge in [0, 0.05) is 17.4 Å². The first-order valence-electron chi connectivity index (χ1n) is 9.32. The van der Waals surface area contributed by atoms with Crippen LogP contribution in [-0.4, -0.2) is 22.7 Å². The lowest BCUT2D eigenvalue weighted by molar-refractivity contribution is 0.0500. The molecule has 6 nitrogen and oxygen atoms in total. The Morgan fingerprint density at radius 1 is 1.38 bits per heavy atom. The molecule has 1 aromatic carbocycles. The maximum Gasteiger partial charge on any atom is 0.341 e. The third-order valence-corrected chi connectivity index (χ3v) is 5.06. The third-order valence-electron chi connectivity index (χ3n) is 4.46. The number of pyridine rings is 1. The van der Waals surface area contributed by atoms with E-state index < -0.39 is 17.3 Å². The predicted molar refractivity (Wildman–Crippen MR) is 115 cm³/mol. The van der Waals surface area contributed by atoms with Gasteiger partial charge in [0.05, 0.1) is 6.61 Å². The monoisotopic (exact) mass is 414 g/mol. The van der Waals surface area contributed by atoms with Crippen molar-refractivity contribution in [1.82, 2.24) is 4.98 Å². The van der Waals surface area contributed by atoms with Crippen LogP contribution in [0, 0.1) is 5.82 Å². The van der Waals surface area contributed by atoms with Gasteiger partial charge in [-0.15, -0.1) is 0 Å². The van der Waals surface area contributed by atoms with Gasteiger partial charge in [-0.1, -0.05) is 25.1 Å². The van der Waals surface area contributed by atoms with Crippen molar-refractivity contribution in [2.45, 2.75) is 32.2 Å². The van der Waals surface area contributed by atoms with Crippen LogP contribution in [0.1, 0.15) is 42.6 Å². The number of esters is 1. The van der Waals surface area contributed by atoms with E-state index in [0.29, 0.717) is 34.4 Å². The first-order chi connectivity index (χ1) is 13.9. The number of ether oxygens (including phenoxy) is 1. The van der Waals surface area contributed by atoms with Crippen LogP contribution < -0.4 is 11.1 Å². The number of nitrogens with one attached hydrogen (secondary N) is 1. The lowest BCUT2D eigenvalue weighted by Crippen LogP contribution is -2.24. The van der Waals surface area contributed by atoms with Gasteiger partial charge in [0.25, 0.3) is 0 Å². The van der Waals surface area contributed by atoms with Crippen LogP contribution >= 0.6 is 11.8 Å².